The van der Waals surface area contributed by atoms with Crippen LogP contribution in [-0.2, 0) is 9.59 Å². The van der Waals surface area contributed by atoms with Crippen LogP contribution in [0.15, 0.2) is 35.0 Å². The van der Waals surface area contributed by atoms with Crippen LogP contribution in [0.1, 0.15) is 25.7 Å². The molecule has 0 atom stereocenters. The fourth-order valence-corrected chi connectivity index (χ4v) is 3.53. The Morgan fingerprint density at radius 2 is 1.50 bits per heavy atom. The van der Waals surface area contributed by atoms with Crippen molar-refractivity contribution in [2.75, 3.05) is 18.0 Å². The van der Waals surface area contributed by atoms with Gasteiger partial charge in [-0.15, -0.1) is 0 Å². The third kappa shape index (κ3) is 2.88. The van der Waals surface area contributed by atoms with Crippen LogP contribution in [-0.4, -0.2) is 29.8 Å². The van der Waals surface area contributed by atoms with E-state index in [2.05, 4.69) is 22.6 Å². The van der Waals surface area contributed by atoms with Gasteiger partial charge in [0.1, 0.15) is 10.7 Å². The third-order valence-electron chi connectivity index (χ3n) is 4.01. The Morgan fingerprint density at radius 3 is 2.09 bits per heavy atom. The number of amides is 2. The molecule has 2 amide bonds. The Kier molecular flexibility index (Phi) is 4.73. The van der Waals surface area contributed by atoms with E-state index in [1.54, 1.807) is 12.1 Å². The summed E-state index contributed by atoms with van der Waals surface area (Å²) in [6, 6.07) is 7.28. The van der Waals surface area contributed by atoms with Crippen molar-refractivity contribution < 1.29 is 9.59 Å². The van der Waals surface area contributed by atoms with Crippen molar-refractivity contribution in [1.82, 2.24) is 4.90 Å². The third-order valence-corrected chi connectivity index (χ3v) is 5.07. The minimum atomic E-state index is -0.424. The number of likely N-dealkylation sites (tertiary alicyclic amines) is 1. The van der Waals surface area contributed by atoms with Gasteiger partial charge in [-0.25, -0.2) is 4.90 Å². The lowest BCUT2D eigenvalue weighted by Crippen LogP contribution is -2.35. The van der Waals surface area contributed by atoms with Crippen molar-refractivity contribution in [2.24, 2.45) is 0 Å². The molecule has 1 saturated heterocycles. The predicted octanol–water partition coefficient (Wildman–Crippen LogP) is 3.49. The van der Waals surface area contributed by atoms with Crippen molar-refractivity contribution in [2.45, 2.75) is 25.7 Å². The smallest absolute Gasteiger partial charge is 0.283 e. The maximum atomic E-state index is 12.7. The molecule has 0 radical (unpaired) electrons. The molecular formula is C16H16ClIN2O2. The first-order valence-corrected chi connectivity index (χ1v) is 8.84. The molecule has 1 aromatic rings. The van der Waals surface area contributed by atoms with Gasteiger partial charge in [-0.05, 0) is 59.7 Å². The highest BCUT2D eigenvalue weighted by Crippen LogP contribution is 2.32. The molecule has 2 aliphatic heterocycles. The highest BCUT2D eigenvalue weighted by atomic mass is 127. The number of hydrogen-bond donors (Lipinski definition) is 0. The number of hydrogen-bond acceptors (Lipinski definition) is 3. The number of carbonyl (C=O) groups excluding carboxylic acids is 2. The van der Waals surface area contributed by atoms with Crippen molar-refractivity contribution in [3.63, 3.8) is 0 Å². The zero-order valence-corrected chi connectivity index (χ0v) is 14.9. The molecule has 2 aliphatic rings. The Bertz CT molecular complexity index is 634. The second-order valence-corrected chi connectivity index (χ2v) is 7.11. The van der Waals surface area contributed by atoms with Crippen LogP contribution in [0.4, 0.5) is 5.69 Å². The van der Waals surface area contributed by atoms with Gasteiger partial charge >= 0.3 is 0 Å². The summed E-state index contributed by atoms with van der Waals surface area (Å²) in [5.41, 5.74) is 0.936. The van der Waals surface area contributed by atoms with Gasteiger partial charge in [0, 0.05) is 16.7 Å². The molecule has 0 aromatic heterocycles. The molecule has 2 heterocycles. The molecular weight excluding hydrogens is 415 g/mol. The minimum Gasteiger partial charge on any atom is -0.366 e. The number of rotatable bonds is 2. The summed E-state index contributed by atoms with van der Waals surface area (Å²) in [5, 5.41) is 0.0467. The second kappa shape index (κ2) is 6.58. The fourth-order valence-electron chi connectivity index (χ4n) is 2.88. The van der Waals surface area contributed by atoms with Gasteiger partial charge in [-0.2, -0.15) is 0 Å². The Labute approximate surface area is 148 Å². The SMILES string of the molecule is O=C1C(Cl)=C(N2CCCCCC2)C(=O)N1c1ccc(I)cc1. The summed E-state index contributed by atoms with van der Waals surface area (Å²) in [7, 11) is 0. The number of benzene rings is 1. The molecule has 1 fully saturated rings. The largest absolute Gasteiger partial charge is 0.366 e. The van der Waals surface area contributed by atoms with E-state index in [1.807, 2.05) is 17.0 Å². The maximum absolute atomic E-state index is 12.7. The summed E-state index contributed by atoms with van der Waals surface area (Å²) in [4.78, 5) is 28.3. The number of carbonyl (C=O) groups is 2. The first kappa shape index (κ1) is 15.8. The number of nitrogens with zero attached hydrogens (tertiary/aromatic N) is 2. The van der Waals surface area contributed by atoms with E-state index in [0.29, 0.717) is 11.4 Å². The van der Waals surface area contributed by atoms with Crippen LogP contribution in [0.25, 0.3) is 0 Å². The Balaban J connectivity index is 1.90. The average Bonchev–Trinajstić information content (AvgIpc) is 2.70. The molecule has 0 N–H and O–H groups in total. The lowest BCUT2D eigenvalue weighted by Gasteiger charge is -2.23. The summed E-state index contributed by atoms with van der Waals surface area (Å²) in [6.07, 6.45) is 4.37. The highest BCUT2D eigenvalue weighted by molar-refractivity contribution is 14.1. The average molecular weight is 431 g/mol. The predicted molar refractivity (Wildman–Crippen MR) is 94.6 cm³/mol. The number of halogens is 2. The lowest BCUT2D eigenvalue weighted by molar-refractivity contribution is -0.121. The van der Waals surface area contributed by atoms with Crippen molar-refractivity contribution in [3.05, 3.63) is 38.6 Å². The molecule has 0 unspecified atom stereocenters. The first-order chi connectivity index (χ1) is 10.6. The van der Waals surface area contributed by atoms with Gasteiger partial charge in [0.15, 0.2) is 0 Å². The summed E-state index contributed by atoms with van der Waals surface area (Å²) in [6.45, 7) is 1.57. The highest BCUT2D eigenvalue weighted by Gasteiger charge is 2.41. The molecule has 0 saturated carbocycles. The van der Waals surface area contributed by atoms with E-state index < -0.39 is 5.91 Å². The quantitative estimate of drug-likeness (QED) is 0.533. The zero-order chi connectivity index (χ0) is 15.7. The van der Waals surface area contributed by atoms with Gasteiger partial charge in [0.25, 0.3) is 11.8 Å². The van der Waals surface area contributed by atoms with Gasteiger partial charge < -0.3 is 4.90 Å². The van der Waals surface area contributed by atoms with Gasteiger partial charge in [-0.1, -0.05) is 24.4 Å². The van der Waals surface area contributed by atoms with Crippen LogP contribution in [0.5, 0.6) is 0 Å². The summed E-state index contributed by atoms with van der Waals surface area (Å²) >= 11 is 8.40. The number of anilines is 1. The van der Waals surface area contributed by atoms with Gasteiger partial charge in [0.05, 0.1) is 5.69 Å². The van der Waals surface area contributed by atoms with Crippen molar-refractivity contribution in [3.8, 4) is 0 Å². The molecule has 0 aliphatic carbocycles. The number of imide groups is 1. The molecule has 0 spiro atoms. The molecule has 22 heavy (non-hydrogen) atoms. The van der Waals surface area contributed by atoms with Crippen molar-refractivity contribution in [1.29, 1.82) is 0 Å². The lowest BCUT2D eigenvalue weighted by atomic mass is 10.2. The molecule has 1 aromatic carbocycles. The summed E-state index contributed by atoms with van der Waals surface area (Å²) in [5.74, 6) is -0.731. The Morgan fingerprint density at radius 1 is 0.909 bits per heavy atom. The van der Waals surface area contributed by atoms with E-state index in [0.717, 1.165) is 42.3 Å². The molecule has 0 bridgehead atoms. The minimum absolute atomic E-state index is 0.0467. The monoisotopic (exact) mass is 430 g/mol. The second-order valence-electron chi connectivity index (χ2n) is 5.49. The van der Waals surface area contributed by atoms with Crippen LogP contribution < -0.4 is 4.90 Å². The normalized spacial score (nSPS) is 19.9. The van der Waals surface area contributed by atoms with Crippen LogP contribution >= 0.6 is 34.2 Å². The maximum Gasteiger partial charge on any atom is 0.283 e. The summed E-state index contributed by atoms with van der Waals surface area (Å²) < 4.78 is 1.05. The molecule has 6 heteroatoms. The standard InChI is InChI=1S/C16H16ClIN2O2/c17-13-14(19-9-3-1-2-4-10-19)16(22)20(15(13)21)12-7-5-11(18)6-8-12/h5-8H,1-4,9-10H2. The van der Waals surface area contributed by atoms with E-state index in [4.69, 9.17) is 11.6 Å². The topological polar surface area (TPSA) is 40.6 Å². The van der Waals surface area contributed by atoms with E-state index in [9.17, 15) is 9.59 Å². The molecule has 4 nitrogen and oxygen atoms in total. The van der Waals surface area contributed by atoms with Crippen LogP contribution in [0.2, 0.25) is 0 Å². The molecule has 116 valence electrons. The van der Waals surface area contributed by atoms with E-state index >= 15 is 0 Å². The fraction of sp³-hybridized carbons (Fsp3) is 0.375. The van der Waals surface area contributed by atoms with Crippen LogP contribution in [0.3, 0.4) is 0 Å². The van der Waals surface area contributed by atoms with Crippen LogP contribution in [0, 0.1) is 3.57 Å². The van der Waals surface area contributed by atoms with Gasteiger partial charge in [-0.3, -0.25) is 9.59 Å². The van der Waals surface area contributed by atoms with Crippen molar-refractivity contribution >= 4 is 51.7 Å². The van der Waals surface area contributed by atoms with Gasteiger partial charge in [0.2, 0.25) is 0 Å². The van der Waals surface area contributed by atoms with E-state index in [1.165, 1.54) is 4.90 Å². The molecule has 3 rings (SSSR count). The first-order valence-electron chi connectivity index (χ1n) is 7.38. The van der Waals surface area contributed by atoms with E-state index in [-0.39, 0.29) is 10.9 Å². The Hall–Kier alpha value is -1.08. The zero-order valence-electron chi connectivity index (χ0n) is 12.0.